The number of nitrogens with zero attached hydrogens (tertiary/aromatic N) is 1. The number of esters is 1. The normalized spacial score (nSPS) is 14.6. The van der Waals surface area contributed by atoms with Crippen LogP contribution in [0.3, 0.4) is 0 Å². The molecule has 0 unspecified atom stereocenters. The lowest BCUT2D eigenvalue weighted by Crippen LogP contribution is -2.15. The van der Waals surface area contributed by atoms with Crippen molar-refractivity contribution < 1.29 is 14.4 Å². The molecular formula is C13H10N2O3. The molecule has 1 heterocycles. The van der Waals surface area contributed by atoms with Crippen molar-refractivity contribution in [3.05, 3.63) is 48.1 Å². The first kappa shape index (κ1) is 11.7. The second-order valence-electron chi connectivity index (χ2n) is 3.45. The maximum Gasteiger partial charge on any atom is 0.351 e. The second kappa shape index (κ2) is 5.06. The summed E-state index contributed by atoms with van der Waals surface area (Å²) in [5.41, 5.74) is 3.42. The summed E-state index contributed by atoms with van der Waals surface area (Å²) in [6.07, 6.45) is 1.43. The van der Waals surface area contributed by atoms with Gasteiger partial charge in [0, 0.05) is 5.56 Å². The zero-order valence-corrected chi connectivity index (χ0v) is 9.47. The molecule has 1 aromatic carbocycles. The van der Waals surface area contributed by atoms with Crippen molar-refractivity contribution in [3.63, 3.8) is 0 Å². The standard InChI is InChI=1S/C13H10N2O3/c1-2-7-17-13(16)10(8-14)12-9-5-3-4-6-11(9)18-15-12/h2-6,15H,1,7H2. The van der Waals surface area contributed by atoms with Gasteiger partial charge in [-0.3, -0.25) is 0 Å². The average Bonchev–Trinajstić information content (AvgIpc) is 2.81. The molecule has 5 nitrogen and oxygen atoms in total. The number of para-hydroxylation sites is 1. The number of carbonyl (C=O) groups excluding carboxylic acids is 1. The highest BCUT2D eigenvalue weighted by atomic mass is 16.7. The number of ether oxygens (including phenoxy) is 1. The summed E-state index contributed by atoms with van der Waals surface area (Å²) in [7, 11) is 0. The Kier molecular flexibility index (Phi) is 3.30. The number of hydrogen-bond donors (Lipinski definition) is 1. The minimum atomic E-state index is -0.708. The topological polar surface area (TPSA) is 71.4 Å². The van der Waals surface area contributed by atoms with Crippen LogP contribution in [0, 0.1) is 11.3 Å². The van der Waals surface area contributed by atoms with Crippen molar-refractivity contribution in [2.75, 3.05) is 6.61 Å². The van der Waals surface area contributed by atoms with Crippen LogP contribution < -0.4 is 10.3 Å². The molecule has 18 heavy (non-hydrogen) atoms. The Morgan fingerprint density at radius 3 is 3.06 bits per heavy atom. The highest BCUT2D eigenvalue weighted by Crippen LogP contribution is 2.31. The van der Waals surface area contributed by atoms with E-state index in [9.17, 15) is 4.79 Å². The van der Waals surface area contributed by atoms with Gasteiger partial charge in [0.15, 0.2) is 11.3 Å². The number of carbonyl (C=O) groups is 1. The minimum Gasteiger partial charge on any atom is -0.457 e. The van der Waals surface area contributed by atoms with E-state index < -0.39 is 5.97 Å². The van der Waals surface area contributed by atoms with Gasteiger partial charge >= 0.3 is 5.97 Å². The lowest BCUT2D eigenvalue weighted by atomic mass is 10.1. The summed E-state index contributed by atoms with van der Waals surface area (Å²) < 4.78 is 4.84. The molecule has 0 bridgehead atoms. The fraction of sp³-hybridized carbons (Fsp3) is 0.0769. The minimum absolute atomic E-state index is 0.0554. The quantitative estimate of drug-likeness (QED) is 0.377. The van der Waals surface area contributed by atoms with Gasteiger partial charge in [-0.2, -0.15) is 5.26 Å². The van der Waals surface area contributed by atoms with Crippen LogP contribution in [0.5, 0.6) is 5.75 Å². The molecule has 0 spiro atoms. The number of nitrogens with one attached hydrogen (secondary N) is 1. The Labute approximate surface area is 104 Å². The van der Waals surface area contributed by atoms with E-state index in [1.807, 2.05) is 6.07 Å². The molecule has 2 rings (SSSR count). The Morgan fingerprint density at radius 1 is 1.56 bits per heavy atom. The molecule has 0 aliphatic carbocycles. The SMILES string of the molecule is C=CCOC(=O)C(C#N)=C1NOc2ccccc21. The average molecular weight is 242 g/mol. The molecule has 5 heteroatoms. The number of fused-ring (bicyclic) bond motifs is 1. The largest absolute Gasteiger partial charge is 0.457 e. The predicted molar refractivity (Wildman–Crippen MR) is 63.9 cm³/mol. The maximum atomic E-state index is 11.7. The molecule has 90 valence electrons. The van der Waals surface area contributed by atoms with Gasteiger partial charge in [0.2, 0.25) is 0 Å². The van der Waals surface area contributed by atoms with Crippen molar-refractivity contribution in [2.24, 2.45) is 0 Å². The molecule has 1 aliphatic heterocycles. The monoisotopic (exact) mass is 242 g/mol. The molecule has 0 fully saturated rings. The zero-order chi connectivity index (χ0) is 13.0. The molecule has 1 aliphatic rings. The van der Waals surface area contributed by atoms with Gasteiger partial charge in [0.25, 0.3) is 0 Å². The first-order chi connectivity index (χ1) is 8.77. The summed E-state index contributed by atoms with van der Waals surface area (Å²) in [4.78, 5) is 16.8. The Morgan fingerprint density at radius 2 is 2.33 bits per heavy atom. The first-order valence-corrected chi connectivity index (χ1v) is 5.22. The number of benzene rings is 1. The van der Waals surface area contributed by atoms with Gasteiger partial charge < -0.3 is 9.57 Å². The van der Waals surface area contributed by atoms with Crippen molar-refractivity contribution in [3.8, 4) is 11.8 Å². The van der Waals surface area contributed by atoms with Crippen LogP contribution in [0.1, 0.15) is 5.56 Å². The van der Waals surface area contributed by atoms with Crippen LogP contribution in [0.2, 0.25) is 0 Å². The summed E-state index contributed by atoms with van der Waals surface area (Å²) in [6, 6.07) is 8.90. The third-order valence-corrected chi connectivity index (χ3v) is 2.32. The highest BCUT2D eigenvalue weighted by Gasteiger charge is 2.25. The molecule has 1 aromatic rings. The molecule has 0 atom stereocenters. The van der Waals surface area contributed by atoms with Crippen LogP contribution in [0.25, 0.3) is 5.70 Å². The molecule has 0 saturated heterocycles. The van der Waals surface area contributed by atoms with E-state index in [2.05, 4.69) is 12.1 Å². The molecule has 0 radical (unpaired) electrons. The Balaban J connectivity index is 2.38. The van der Waals surface area contributed by atoms with Gasteiger partial charge in [-0.1, -0.05) is 24.8 Å². The third kappa shape index (κ3) is 2.04. The highest BCUT2D eigenvalue weighted by molar-refractivity contribution is 6.02. The van der Waals surface area contributed by atoms with Crippen molar-refractivity contribution in [1.29, 1.82) is 5.26 Å². The number of nitriles is 1. The fourth-order valence-corrected chi connectivity index (χ4v) is 1.52. The van der Waals surface area contributed by atoms with E-state index >= 15 is 0 Å². The first-order valence-electron chi connectivity index (χ1n) is 5.22. The predicted octanol–water partition coefficient (Wildman–Crippen LogP) is 1.55. The van der Waals surface area contributed by atoms with Gasteiger partial charge in [-0.05, 0) is 12.1 Å². The second-order valence-corrected chi connectivity index (χ2v) is 3.45. The molecule has 0 saturated carbocycles. The van der Waals surface area contributed by atoms with E-state index in [1.54, 1.807) is 24.3 Å². The molecule has 0 aromatic heterocycles. The maximum absolute atomic E-state index is 11.7. The lowest BCUT2D eigenvalue weighted by Gasteiger charge is -2.03. The fourth-order valence-electron chi connectivity index (χ4n) is 1.52. The summed E-state index contributed by atoms with van der Waals surface area (Å²) in [6.45, 7) is 3.49. The van der Waals surface area contributed by atoms with E-state index in [0.29, 0.717) is 17.0 Å². The van der Waals surface area contributed by atoms with Crippen molar-refractivity contribution in [1.82, 2.24) is 5.48 Å². The number of rotatable bonds is 3. The van der Waals surface area contributed by atoms with Crippen molar-refractivity contribution >= 4 is 11.7 Å². The molecular weight excluding hydrogens is 232 g/mol. The van der Waals surface area contributed by atoms with E-state index in [1.165, 1.54) is 6.08 Å². The van der Waals surface area contributed by atoms with Crippen LogP contribution >= 0.6 is 0 Å². The van der Waals surface area contributed by atoms with Crippen LogP contribution in [0.15, 0.2) is 42.5 Å². The van der Waals surface area contributed by atoms with Crippen LogP contribution in [-0.4, -0.2) is 12.6 Å². The summed E-state index contributed by atoms with van der Waals surface area (Å²) >= 11 is 0. The smallest absolute Gasteiger partial charge is 0.351 e. The van der Waals surface area contributed by atoms with Gasteiger partial charge in [-0.15, -0.1) is 0 Å². The summed E-state index contributed by atoms with van der Waals surface area (Å²) in [5, 5.41) is 9.05. The molecule has 0 amide bonds. The van der Waals surface area contributed by atoms with E-state index in [4.69, 9.17) is 14.8 Å². The molecule has 1 N–H and O–H groups in total. The van der Waals surface area contributed by atoms with Crippen LogP contribution in [-0.2, 0) is 9.53 Å². The van der Waals surface area contributed by atoms with Gasteiger partial charge in [0.05, 0.1) is 0 Å². The zero-order valence-electron chi connectivity index (χ0n) is 9.47. The van der Waals surface area contributed by atoms with E-state index in [0.717, 1.165) is 0 Å². The van der Waals surface area contributed by atoms with Crippen molar-refractivity contribution in [2.45, 2.75) is 0 Å². The van der Waals surface area contributed by atoms with E-state index in [-0.39, 0.29) is 12.2 Å². The Bertz CT molecular complexity index is 570. The van der Waals surface area contributed by atoms with Crippen LogP contribution in [0.4, 0.5) is 0 Å². The number of hydrogen-bond acceptors (Lipinski definition) is 5. The third-order valence-electron chi connectivity index (χ3n) is 2.32. The van der Waals surface area contributed by atoms with Gasteiger partial charge in [0.1, 0.15) is 18.4 Å². The Hall–Kier alpha value is -2.74. The summed E-state index contributed by atoms with van der Waals surface area (Å²) in [5.74, 6) is -0.142. The number of hydroxylamine groups is 1. The van der Waals surface area contributed by atoms with Gasteiger partial charge in [-0.25, -0.2) is 10.3 Å². The lowest BCUT2D eigenvalue weighted by molar-refractivity contribution is -0.137.